The normalized spacial score (nSPS) is 17.5. The Kier molecular flexibility index (Phi) is 6.26. The zero-order valence-electron chi connectivity index (χ0n) is 18.2. The van der Waals surface area contributed by atoms with Gasteiger partial charge in [0, 0.05) is 11.6 Å². The van der Waals surface area contributed by atoms with Crippen molar-refractivity contribution in [1.82, 2.24) is 5.16 Å². The lowest BCUT2D eigenvalue weighted by Gasteiger charge is -2.23. The molecule has 1 saturated heterocycles. The Balaban J connectivity index is 1.81. The van der Waals surface area contributed by atoms with Crippen LogP contribution in [0.15, 0.2) is 64.7 Å². The number of rotatable bonds is 7. The van der Waals surface area contributed by atoms with Crippen LogP contribution in [0.3, 0.4) is 0 Å². The summed E-state index contributed by atoms with van der Waals surface area (Å²) < 4.78 is 24.2. The first-order chi connectivity index (χ1) is 15.9. The molecule has 1 amide bonds. The second-order valence-electron chi connectivity index (χ2n) is 7.74. The molecule has 1 aromatic heterocycles. The number of nitrogens with zero attached hydrogens (tertiary/aromatic N) is 2. The molecule has 0 aliphatic carbocycles. The van der Waals surface area contributed by atoms with Crippen molar-refractivity contribution in [2.75, 3.05) is 11.5 Å². The number of carbonyl (C=O) groups excluding carboxylic acids is 2. The number of hydrogen-bond donors (Lipinski definition) is 1. The Labute approximate surface area is 190 Å². The second kappa shape index (κ2) is 9.28. The van der Waals surface area contributed by atoms with Crippen molar-refractivity contribution in [3.05, 3.63) is 82.9 Å². The minimum Gasteiger partial charge on any atom is -0.507 e. The Morgan fingerprint density at radius 1 is 1.15 bits per heavy atom. The van der Waals surface area contributed by atoms with Crippen molar-refractivity contribution in [1.29, 1.82) is 0 Å². The number of aryl methyl sites for hydroxylation is 1. The van der Waals surface area contributed by atoms with Crippen LogP contribution in [-0.4, -0.2) is 28.6 Å². The van der Waals surface area contributed by atoms with E-state index in [0.29, 0.717) is 23.7 Å². The highest BCUT2D eigenvalue weighted by molar-refractivity contribution is 6.51. The molecular weight excluding hydrogens is 427 g/mol. The maximum absolute atomic E-state index is 13.4. The molecule has 3 aromatic rings. The highest BCUT2D eigenvalue weighted by atomic mass is 19.1. The lowest BCUT2D eigenvalue weighted by Crippen LogP contribution is -2.29. The summed E-state index contributed by atoms with van der Waals surface area (Å²) in [5.41, 5.74) is 0.670. The summed E-state index contributed by atoms with van der Waals surface area (Å²) in [6.45, 7) is 4.32. The maximum atomic E-state index is 13.4. The van der Waals surface area contributed by atoms with E-state index >= 15 is 0 Å². The molecule has 0 saturated carbocycles. The van der Waals surface area contributed by atoms with Gasteiger partial charge in [-0.2, -0.15) is 0 Å². The van der Waals surface area contributed by atoms with Crippen molar-refractivity contribution in [2.24, 2.45) is 0 Å². The van der Waals surface area contributed by atoms with Gasteiger partial charge in [0.2, 0.25) is 0 Å². The highest BCUT2D eigenvalue weighted by Crippen LogP contribution is 2.42. The largest absolute Gasteiger partial charge is 0.507 e. The lowest BCUT2D eigenvalue weighted by atomic mass is 9.95. The molecule has 2 heterocycles. The SMILES string of the molecule is CCCCOc1ccc([C@H]2C(=C(O)c3ccc(F)cc3)C(=O)C(=O)N2c2cc(C)on2)cc1. The smallest absolute Gasteiger partial charge is 0.301 e. The molecule has 0 unspecified atom stereocenters. The number of benzene rings is 2. The Bertz CT molecular complexity index is 1200. The molecule has 170 valence electrons. The molecular formula is C25H23FN2O5. The van der Waals surface area contributed by atoms with E-state index in [1.54, 1.807) is 31.2 Å². The van der Waals surface area contributed by atoms with Crippen molar-refractivity contribution in [2.45, 2.75) is 32.7 Å². The fraction of sp³-hybridized carbons (Fsp3) is 0.240. The van der Waals surface area contributed by atoms with E-state index in [1.165, 1.54) is 35.2 Å². The second-order valence-corrected chi connectivity index (χ2v) is 7.74. The van der Waals surface area contributed by atoms with Gasteiger partial charge >= 0.3 is 5.91 Å². The average Bonchev–Trinajstić information content (AvgIpc) is 3.35. The van der Waals surface area contributed by atoms with E-state index in [4.69, 9.17) is 9.26 Å². The topological polar surface area (TPSA) is 92.9 Å². The molecule has 0 radical (unpaired) electrons. The van der Waals surface area contributed by atoms with Crippen molar-refractivity contribution in [3.8, 4) is 5.75 Å². The number of aliphatic hydroxyl groups is 1. The molecule has 4 rings (SSSR count). The van der Waals surface area contributed by atoms with Gasteiger partial charge in [-0.25, -0.2) is 4.39 Å². The number of anilines is 1. The van der Waals surface area contributed by atoms with Crippen molar-refractivity contribution >= 4 is 23.3 Å². The molecule has 33 heavy (non-hydrogen) atoms. The number of ketones is 1. The first-order valence-corrected chi connectivity index (χ1v) is 10.6. The van der Waals surface area contributed by atoms with Crippen LogP contribution in [0, 0.1) is 12.7 Å². The number of carbonyl (C=O) groups is 2. The molecule has 1 fully saturated rings. The summed E-state index contributed by atoms with van der Waals surface area (Å²) in [5, 5.41) is 14.9. The van der Waals surface area contributed by atoms with Gasteiger partial charge < -0.3 is 14.4 Å². The van der Waals surface area contributed by atoms with E-state index in [1.807, 2.05) is 0 Å². The van der Waals surface area contributed by atoms with Gasteiger partial charge in [0.25, 0.3) is 5.78 Å². The van der Waals surface area contributed by atoms with E-state index < -0.39 is 29.3 Å². The molecule has 1 aliphatic rings. The van der Waals surface area contributed by atoms with Crippen LogP contribution >= 0.6 is 0 Å². The standard InChI is InChI=1S/C25H23FN2O5/c1-3-4-13-32-19-11-7-16(8-12-19)22-21(23(29)17-5-9-18(26)10-6-17)24(30)25(31)28(22)20-14-15(2)33-27-20/h5-12,14,22,29H,3-4,13H2,1-2H3/t22-/m0/s1. The number of amides is 1. The van der Waals surface area contributed by atoms with Gasteiger partial charge in [0.15, 0.2) is 5.82 Å². The molecule has 8 heteroatoms. The van der Waals surface area contributed by atoms with Crippen LogP contribution in [-0.2, 0) is 9.59 Å². The summed E-state index contributed by atoms with van der Waals surface area (Å²) in [6.07, 6.45) is 1.93. The first-order valence-electron chi connectivity index (χ1n) is 10.6. The summed E-state index contributed by atoms with van der Waals surface area (Å²) in [4.78, 5) is 27.2. The van der Waals surface area contributed by atoms with Gasteiger partial charge in [0.05, 0.1) is 18.2 Å². The number of halogens is 1. The third kappa shape index (κ3) is 4.37. The monoisotopic (exact) mass is 450 g/mol. The number of ether oxygens (including phenoxy) is 1. The Morgan fingerprint density at radius 2 is 1.85 bits per heavy atom. The number of aromatic nitrogens is 1. The molecule has 2 aromatic carbocycles. The molecule has 1 aliphatic heterocycles. The number of unbranched alkanes of at least 4 members (excludes halogenated alkanes) is 1. The zero-order chi connectivity index (χ0) is 23.5. The van der Waals surface area contributed by atoms with E-state index in [9.17, 15) is 19.1 Å². The molecule has 1 N–H and O–H groups in total. The maximum Gasteiger partial charge on any atom is 0.301 e. The van der Waals surface area contributed by atoms with Crippen LogP contribution in [0.4, 0.5) is 10.2 Å². The van der Waals surface area contributed by atoms with Crippen LogP contribution in [0.1, 0.15) is 42.7 Å². The quantitative estimate of drug-likeness (QED) is 0.238. The fourth-order valence-electron chi connectivity index (χ4n) is 3.69. The number of hydrogen-bond acceptors (Lipinski definition) is 6. The van der Waals surface area contributed by atoms with Gasteiger partial charge in [-0.15, -0.1) is 0 Å². The van der Waals surface area contributed by atoms with E-state index in [2.05, 4.69) is 12.1 Å². The third-order valence-corrected chi connectivity index (χ3v) is 5.39. The zero-order valence-corrected chi connectivity index (χ0v) is 18.2. The summed E-state index contributed by atoms with van der Waals surface area (Å²) in [7, 11) is 0. The minimum absolute atomic E-state index is 0.119. The molecule has 0 bridgehead atoms. The first kappa shape index (κ1) is 22.3. The minimum atomic E-state index is -0.954. The average molecular weight is 450 g/mol. The van der Waals surface area contributed by atoms with Crippen LogP contribution in [0.2, 0.25) is 0 Å². The molecule has 0 spiro atoms. The van der Waals surface area contributed by atoms with Gasteiger partial charge in [-0.05, 0) is 55.3 Å². The Morgan fingerprint density at radius 3 is 2.45 bits per heavy atom. The van der Waals surface area contributed by atoms with Gasteiger partial charge in [-0.1, -0.05) is 30.6 Å². The summed E-state index contributed by atoms with van der Waals surface area (Å²) in [6, 6.07) is 12.6. The van der Waals surface area contributed by atoms with E-state index in [0.717, 1.165) is 12.8 Å². The van der Waals surface area contributed by atoms with Crippen LogP contribution < -0.4 is 9.64 Å². The van der Waals surface area contributed by atoms with Crippen molar-refractivity contribution in [3.63, 3.8) is 0 Å². The fourth-order valence-corrected chi connectivity index (χ4v) is 3.69. The van der Waals surface area contributed by atoms with Gasteiger partial charge in [-0.3, -0.25) is 14.5 Å². The van der Waals surface area contributed by atoms with Gasteiger partial charge in [0.1, 0.15) is 23.1 Å². The third-order valence-electron chi connectivity index (χ3n) is 5.39. The number of Topliss-reactive ketones (excluding diaryl/α,β-unsaturated/α-hetero) is 1. The molecule has 1 atom stereocenters. The van der Waals surface area contributed by atoms with E-state index in [-0.39, 0.29) is 17.0 Å². The predicted octanol–water partition coefficient (Wildman–Crippen LogP) is 4.93. The lowest BCUT2D eigenvalue weighted by molar-refractivity contribution is -0.132. The summed E-state index contributed by atoms with van der Waals surface area (Å²) in [5.74, 6) is -1.33. The predicted molar refractivity (Wildman–Crippen MR) is 119 cm³/mol. The Hall–Kier alpha value is -3.94. The number of aliphatic hydroxyl groups excluding tert-OH is 1. The highest BCUT2D eigenvalue weighted by Gasteiger charge is 2.48. The summed E-state index contributed by atoms with van der Waals surface area (Å²) >= 11 is 0. The van der Waals surface area contributed by atoms with Crippen LogP contribution in [0.5, 0.6) is 5.75 Å². The van der Waals surface area contributed by atoms with Crippen molar-refractivity contribution < 1.29 is 28.3 Å². The van der Waals surface area contributed by atoms with Crippen LogP contribution in [0.25, 0.3) is 5.76 Å². The molecule has 7 nitrogen and oxygen atoms in total.